The number of imide groups is 1. The van der Waals surface area contributed by atoms with Gasteiger partial charge in [0.15, 0.2) is 5.15 Å². The molecule has 0 atom stereocenters. The van der Waals surface area contributed by atoms with E-state index >= 15 is 0 Å². The van der Waals surface area contributed by atoms with Gasteiger partial charge in [-0.25, -0.2) is 14.8 Å². The molecule has 2 aromatic rings. The van der Waals surface area contributed by atoms with Crippen LogP contribution in [0, 0.1) is 0 Å². The van der Waals surface area contributed by atoms with Crippen LogP contribution in [-0.4, -0.2) is 32.3 Å². The summed E-state index contributed by atoms with van der Waals surface area (Å²) in [5, 5.41) is 5.76. The van der Waals surface area contributed by atoms with Gasteiger partial charge in [-0.3, -0.25) is 10.1 Å². The first-order valence-corrected chi connectivity index (χ1v) is 7.71. The highest BCUT2D eigenvalue weighted by molar-refractivity contribution is 6.32. The van der Waals surface area contributed by atoms with E-state index in [0.717, 1.165) is 5.56 Å². The average Bonchev–Trinajstić information content (AvgIpc) is 2.72. The maximum absolute atomic E-state index is 12.0. The van der Waals surface area contributed by atoms with Crippen LogP contribution in [0.4, 0.5) is 16.3 Å². The predicted molar refractivity (Wildman–Crippen MR) is 89.9 cm³/mol. The minimum Gasteiger partial charge on any atom is -0.338 e. The van der Waals surface area contributed by atoms with Gasteiger partial charge in [0.2, 0.25) is 0 Å². The van der Waals surface area contributed by atoms with Crippen LogP contribution in [0.25, 0.3) is 0 Å². The third-order valence-corrected chi connectivity index (χ3v) is 4.18. The van der Waals surface area contributed by atoms with Crippen molar-refractivity contribution in [3.63, 3.8) is 0 Å². The molecule has 1 saturated heterocycles. The van der Waals surface area contributed by atoms with E-state index in [1.54, 1.807) is 50.5 Å². The zero-order valence-corrected chi connectivity index (χ0v) is 14.0. The molecule has 0 saturated carbocycles. The second-order valence-corrected chi connectivity index (χ2v) is 6.28. The molecule has 2 aromatic heterocycles. The van der Waals surface area contributed by atoms with Crippen molar-refractivity contribution in [2.75, 3.05) is 5.32 Å². The minimum absolute atomic E-state index is 0.294. The molecule has 24 heavy (non-hydrogen) atoms. The van der Waals surface area contributed by atoms with Gasteiger partial charge >= 0.3 is 6.03 Å². The number of pyridine rings is 2. The van der Waals surface area contributed by atoms with Crippen LogP contribution in [-0.2, 0) is 11.3 Å². The molecular weight excluding hydrogens is 330 g/mol. The number of carbonyl (C=O) groups excluding carboxylic acids is 2. The van der Waals surface area contributed by atoms with Gasteiger partial charge in [-0.15, -0.1) is 0 Å². The third-order valence-electron chi connectivity index (χ3n) is 3.88. The van der Waals surface area contributed by atoms with Crippen LogP contribution < -0.4 is 10.6 Å². The zero-order chi connectivity index (χ0) is 17.3. The molecule has 3 rings (SSSR count). The summed E-state index contributed by atoms with van der Waals surface area (Å²) in [6.07, 6.45) is 3.23. The smallest absolute Gasteiger partial charge is 0.325 e. The van der Waals surface area contributed by atoms with Crippen molar-refractivity contribution in [1.82, 2.24) is 20.2 Å². The average molecular weight is 346 g/mol. The van der Waals surface area contributed by atoms with Crippen LogP contribution in [0.5, 0.6) is 0 Å². The summed E-state index contributed by atoms with van der Waals surface area (Å²) in [6.45, 7) is 3.72. The lowest BCUT2D eigenvalue weighted by Crippen LogP contribution is -2.43. The van der Waals surface area contributed by atoms with Crippen LogP contribution in [0.3, 0.4) is 0 Å². The van der Waals surface area contributed by atoms with E-state index in [9.17, 15) is 9.59 Å². The largest absolute Gasteiger partial charge is 0.338 e. The number of amides is 3. The van der Waals surface area contributed by atoms with Gasteiger partial charge in [0.05, 0.1) is 5.69 Å². The van der Waals surface area contributed by atoms with Gasteiger partial charge < -0.3 is 10.2 Å². The van der Waals surface area contributed by atoms with Gasteiger partial charge in [0, 0.05) is 18.9 Å². The summed E-state index contributed by atoms with van der Waals surface area (Å²) in [5.74, 6) is 0.271. The number of urea groups is 1. The standard InChI is InChI=1S/C16H16ClN5O2/c1-16(2)14(23)21-15(24)22(16)9-10-5-7-18-12(8-10)20-11-4-3-6-19-13(11)17/h3-8H,9H2,1-2H3,(H,18,20)(H,21,23,24). The van der Waals surface area contributed by atoms with Gasteiger partial charge in [0.1, 0.15) is 11.4 Å². The summed E-state index contributed by atoms with van der Waals surface area (Å²) in [4.78, 5) is 33.5. The Morgan fingerprint density at radius 1 is 1.25 bits per heavy atom. The summed E-state index contributed by atoms with van der Waals surface area (Å²) in [6, 6.07) is 6.75. The van der Waals surface area contributed by atoms with Crippen molar-refractivity contribution in [1.29, 1.82) is 0 Å². The van der Waals surface area contributed by atoms with E-state index in [2.05, 4.69) is 20.6 Å². The quantitative estimate of drug-likeness (QED) is 0.657. The molecule has 8 heteroatoms. The van der Waals surface area contributed by atoms with Crippen molar-refractivity contribution in [2.45, 2.75) is 25.9 Å². The summed E-state index contributed by atoms with van der Waals surface area (Å²) >= 11 is 6.02. The molecule has 3 heterocycles. The van der Waals surface area contributed by atoms with Crippen molar-refractivity contribution < 1.29 is 9.59 Å². The first-order valence-electron chi connectivity index (χ1n) is 7.33. The van der Waals surface area contributed by atoms with E-state index < -0.39 is 11.6 Å². The lowest BCUT2D eigenvalue weighted by molar-refractivity contribution is -0.125. The molecule has 1 fully saturated rings. The second-order valence-electron chi connectivity index (χ2n) is 5.92. The lowest BCUT2D eigenvalue weighted by Gasteiger charge is -2.28. The van der Waals surface area contributed by atoms with E-state index in [-0.39, 0.29) is 5.91 Å². The highest BCUT2D eigenvalue weighted by atomic mass is 35.5. The Balaban J connectivity index is 1.80. The number of rotatable bonds is 4. The van der Waals surface area contributed by atoms with Gasteiger partial charge in [0.25, 0.3) is 5.91 Å². The van der Waals surface area contributed by atoms with Crippen molar-refractivity contribution in [3.8, 4) is 0 Å². The number of nitrogens with one attached hydrogen (secondary N) is 2. The van der Waals surface area contributed by atoms with Crippen LogP contribution in [0.15, 0.2) is 36.7 Å². The molecule has 0 aromatic carbocycles. The topological polar surface area (TPSA) is 87.2 Å². The Bertz CT molecular complexity index is 809. The molecule has 1 aliphatic rings. The van der Waals surface area contributed by atoms with E-state index in [1.807, 2.05) is 0 Å². The normalized spacial score (nSPS) is 16.2. The molecule has 124 valence electrons. The van der Waals surface area contributed by atoms with Gasteiger partial charge in [-0.1, -0.05) is 11.6 Å². The second kappa shape index (κ2) is 6.09. The van der Waals surface area contributed by atoms with E-state index in [1.165, 1.54) is 4.90 Å². The molecule has 0 spiro atoms. The number of anilines is 2. The third kappa shape index (κ3) is 3.03. The maximum atomic E-state index is 12.0. The Hall–Kier alpha value is -2.67. The number of hydrogen-bond donors (Lipinski definition) is 2. The molecule has 3 amide bonds. The zero-order valence-electron chi connectivity index (χ0n) is 13.2. The number of aromatic nitrogens is 2. The van der Waals surface area contributed by atoms with Crippen molar-refractivity contribution in [2.24, 2.45) is 0 Å². The molecule has 0 bridgehead atoms. The molecule has 0 unspecified atom stereocenters. The maximum Gasteiger partial charge on any atom is 0.325 e. The fraction of sp³-hybridized carbons (Fsp3) is 0.250. The van der Waals surface area contributed by atoms with Crippen LogP contribution in [0.1, 0.15) is 19.4 Å². The first kappa shape index (κ1) is 16.2. The number of nitrogens with zero attached hydrogens (tertiary/aromatic N) is 3. The summed E-state index contributed by atoms with van der Waals surface area (Å²) in [5.41, 5.74) is 0.587. The summed E-state index contributed by atoms with van der Waals surface area (Å²) in [7, 11) is 0. The highest BCUT2D eigenvalue weighted by Crippen LogP contribution is 2.25. The Morgan fingerprint density at radius 2 is 2.04 bits per heavy atom. The van der Waals surface area contributed by atoms with Gasteiger partial charge in [-0.05, 0) is 43.7 Å². The SMILES string of the molecule is CC1(C)C(=O)NC(=O)N1Cc1ccnc(Nc2cccnc2Cl)c1. The van der Waals surface area contributed by atoms with Crippen molar-refractivity contribution >= 4 is 35.0 Å². The minimum atomic E-state index is -0.888. The van der Waals surface area contributed by atoms with Crippen LogP contribution >= 0.6 is 11.6 Å². The molecule has 0 aliphatic carbocycles. The number of halogens is 1. The summed E-state index contributed by atoms with van der Waals surface area (Å²) < 4.78 is 0. The van der Waals surface area contributed by atoms with Crippen molar-refractivity contribution in [3.05, 3.63) is 47.4 Å². The molecule has 2 N–H and O–H groups in total. The molecule has 1 aliphatic heterocycles. The predicted octanol–water partition coefficient (Wildman–Crippen LogP) is 2.70. The molecular formula is C16H16ClN5O2. The fourth-order valence-electron chi connectivity index (χ4n) is 2.40. The molecule has 0 radical (unpaired) electrons. The lowest BCUT2D eigenvalue weighted by atomic mass is 10.0. The first-order chi connectivity index (χ1) is 11.4. The monoisotopic (exact) mass is 345 g/mol. The Labute approximate surface area is 144 Å². The Morgan fingerprint density at radius 3 is 2.71 bits per heavy atom. The number of carbonyl (C=O) groups is 2. The molecule has 7 nitrogen and oxygen atoms in total. The van der Waals surface area contributed by atoms with E-state index in [4.69, 9.17) is 11.6 Å². The number of hydrogen-bond acceptors (Lipinski definition) is 5. The Kier molecular flexibility index (Phi) is 4.11. The highest BCUT2D eigenvalue weighted by Gasteiger charge is 2.45. The van der Waals surface area contributed by atoms with Crippen LogP contribution in [0.2, 0.25) is 5.15 Å². The van der Waals surface area contributed by atoms with E-state index in [0.29, 0.717) is 23.2 Å². The van der Waals surface area contributed by atoms with Gasteiger partial charge in [-0.2, -0.15) is 0 Å². The fourth-order valence-corrected chi connectivity index (χ4v) is 2.57.